The van der Waals surface area contributed by atoms with Crippen LogP contribution in [-0.2, 0) is 4.79 Å². The van der Waals surface area contributed by atoms with Crippen LogP contribution in [0.2, 0.25) is 0 Å². The summed E-state index contributed by atoms with van der Waals surface area (Å²) in [7, 11) is 0. The molecule has 0 saturated carbocycles. The smallest absolute Gasteiger partial charge is 0.242 e. The molecular formula is C9H20N2O2. The Kier molecular flexibility index (Phi) is 4.95. The molecule has 0 aliphatic heterocycles. The Bertz CT molecular complexity index is 169. The molecule has 1 atom stereocenters. The van der Waals surface area contributed by atoms with E-state index in [1.165, 1.54) is 0 Å². The van der Waals surface area contributed by atoms with E-state index in [1.807, 2.05) is 13.8 Å². The standard InChI is InChI=1S/C9H20N2O2/c1-4-9(3,10)8(13)11(5-2)6-7-12/h12H,4-7,10H2,1-3H3. The fourth-order valence-electron chi connectivity index (χ4n) is 1.04. The Balaban J connectivity index is 4.36. The molecule has 78 valence electrons. The van der Waals surface area contributed by atoms with E-state index >= 15 is 0 Å². The largest absolute Gasteiger partial charge is 0.395 e. The average Bonchev–Trinajstić information content (AvgIpc) is 2.13. The van der Waals surface area contributed by atoms with Gasteiger partial charge in [0, 0.05) is 13.1 Å². The third kappa shape index (κ3) is 3.32. The lowest BCUT2D eigenvalue weighted by Gasteiger charge is -2.29. The molecule has 0 radical (unpaired) electrons. The quantitative estimate of drug-likeness (QED) is 0.636. The first-order valence-corrected chi connectivity index (χ1v) is 4.68. The van der Waals surface area contributed by atoms with Crippen molar-refractivity contribution in [2.24, 2.45) is 5.73 Å². The molecule has 0 aliphatic carbocycles. The second-order valence-electron chi connectivity index (χ2n) is 3.38. The maximum absolute atomic E-state index is 11.7. The summed E-state index contributed by atoms with van der Waals surface area (Å²) in [5.74, 6) is -0.0912. The molecule has 0 heterocycles. The predicted molar refractivity (Wildman–Crippen MR) is 52.2 cm³/mol. The van der Waals surface area contributed by atoms with Crippen molar-refractivity contribution < 1.29 is 9.90 Å². The summed E-state index contributed by atoms with van der Waals surface area (Å²) >= 11 is 0. The summed E-state index contributed by atoms with van der Waals surface area (Å²) in [6.07, 6.45) is 0.605. The molecule has 0 spiro atoms. The van der Waals surface area contributed by atoms with Gasteiger partial charge in [-0.3, -0.25) is 4.79 Å². The van der Waals surface area contributed by atoms with Gasteiger partial charge in [-0.15, -0.1) is 0 Å². The first-order chi connectivity index (χ1) is 5.99. The fraction of sp³-hybridized carbons (Fsp3) is 0.889. The number of hydrogen-bond donors (Lipinski definition) is 2. The zero-order chi connectivity index (χ0) is 10.5. The monoisotopic (exact) mass is 188 g/mol. The summed E-state index contributed by atoms with van der Waals surface area (Å²) in [5, 5.41) is 8.72. The molecule has 1 amide bonds. The minimum absolute atomic E-state index is 0.0145. The fourth-order valence-corrected chi connectivity index (χ4v) is 1.04. The highest BCUT2D eigenvalue weighted by Gasteiger charge is 2.29. The number of hydrogen-bond acceptors (Lipinski definition) is 3. The molecule has 0 aromatic heterocycles. The van der Waals surface area contributed by atoms with Crippen molar-refractivity contribution in [3.05, 3.63) is 0 Å². The molecule has 0 aliphatic rings. The lowest BCUT2D eigenvalue weighted by Crippen LogP contribution is -2.53. The molecule has 0 aromatic carbocycles. The molecule has 4 heteroatoms. The van der Waals surface area contributed by atoms with Gasteiger partial charge in [-0.25, -0.2) is 0 Å². The third-order valence-corrected chi connectivity index (χ3v) is 2.26. The maximum Gasteiger partial charge on any atom is 0.242 e. The van der Waals surface area contributed by atoms with E-state index in [0.717, 1.165) is 0 Å². The number of amides is 1. The van der Waals surface area contributed by atoms with Crippen LogP contribution in [0.5, 0.6) is 0 Å². The van der Waals surface area contributed by atoms with Gasteiger partial charge in [0.05, 0.1) is 12.1 Å². The van der Waals surface area contributed by atoms with Gasteiger partial charge < -0.3 is 15.7 Å². The van der Waals surface area contributed by atoms with Gasteiger partial charge in [-0.05, 0) is 20.3 Å². The summed E-state index contributed by atoms with van der Waals surface area (Å²) < 4.78 is 0. The van der Waals surface area contributed by atoms with E-state index in [-0.39, 0.29) is 12.5 Å². The number of nitrogens with zero attached hydrogens (tertiary/aromatic N) is 1. The van der Waals surface area contributed by atoms with Gasteiger partial charge in [0.15, 0.2) is 0 Å². The average molecular weight is 188 g/mol. The normalized spacial score (nSPS) is 15.2. The highest BCUT2D eigenvalue weighted by Crippen LogP contribution is 2.09. The number of nitrogens with two attached hydrogens (primary N) is 1. The minimum atomic E-state index is -0.800. The van der Waals surface area contributed by atoms with Crippen molar-refractivity contribution in [2.45, 2.75) is 32.7 Å². The molecule has 1 unspecified atom stereocenters. The Morgan fingerprint density at radius 3 is 2.38 bits per heavy atom. The van der Waals surface area contributed by atoms with Gasteiger partial charge in [-0.1, -0.05) is 6.92 Å². The van der Waals surface area contributed by atoms with Crippen LogP contribution in [0.25, 0.3) is 0 Å². The van der Waals surface area contributed by atoms with Crippen molar-refractivity contribution in [3.63, 3.8) is 0 Å². The summed E-state index contributed by atoms with van der Waals surface area (Å²) in [5.41, 5.74) is 4.99. The molecule has 0 fully saturated rings. The lowest BCUT2D eigenvalue weighted by atomic mass is 9.98. The molecule has 13 heavy (non-hydrogen) atoms. The van der Waals surface area contributed by atoms with E-state index in [0.29, 0.717) is 19.5 Å². The summed E-state index contributed by atoms with van der Waals surface area (Å²) in [6, 6.07) is 0. The van der Waals surface area contributed by atoms with Gasteiger partial charge in [0.25, 0.3) is 0 Å². The molecule has 0 rings (SSSR count). The Morgan fingerprint density at radius 2 is 2.08 bits per heavy atom. The van der Waals surface area contributed by atoms with Crippen molar-refractivity contribution in [2.75, 3.05) is 19.7 Å². The van der Waals surface area contributed by atoms with Crippen molar-refractivity contribution in [1.82, 2.24) is 4.90 Å². The zero-order valence-electron chi connectivity index (χ0n) is 8.71. The van der Waals surface area contributed by atoms with Crippen LogP contribution in [0, 0.1) is 0 Å². The molecule has 0 bridgehead atoms. The number of carbonyl (C=O) groups is 1. The van der Waals surface area contributed by atoms with Crippen molar-refractivity contribution in [3.8, 4) is 0 Å². The van der Waals surface area contributed by atoms with Crippen molar-refractivity contribution >= 4 is 5.91 Å². The zero-order valence-corrected chi connectivity index (χ0v) is 8.71. The molecular weight excluding hydrogens is 168 g/mol. The lowest BCUT2D eigenvalue weighted by molar-refractivity contribution is -0.136. The Hall–Kier alpha value is -0.610. The van der Waals surface area contributed by atoms with E-state index in [9.17, 15) is 4.79 Å². The van der Waals surface area contributed by atoms with E-state index in [4.69, 9.17) is 10.8 Å². The van der Waals surface area contributed by atoms with Gasteiger partial charge in [0.2, 0.25) is 5.91 Å². The van der Waals surface area contributed by atoms with Gasteiger partial charge >= 0.3 is 0 Å². The number of aliphatic hydroxyl groups is 1. The van der Waals surface area contributed by atoms with E-state index < -0.39 is 5.54 Å². The van der Waals surface area contributed by atoms with E-state index in [2.05, 4.69) is 0 Å². The molecule has 4 nitrogen and oxygen atoms in total. The van der Waals surface area contributed by atoms with Gasteiger partial charge in [0.1, 0.15) is 0 Å². The SMILES string of the molecule is CCN(CCO)C(=O)C(C)(N)CC. The van der Waals surface area contributed by atoms with Crippen LogP contribution in [0.1, 0.15) is 27.2 Å². The topological polar surface area (TPSA) is 66.6 Å². The second kappa shape index (κ2) is 5.19. The predicted octanol–water partition coefficient (Wildman–Crippen LogP) is -0.0454. The van der Waals surface area contributed by atoms with Crippen LogP contribution in [0.4, 0.5) is 0 Å². The first kappa shape index (κ1) is 12.4. The van der Waals surface area contributed by atoms with Crippen molar-refractivity contribution in [1.29, 1.82) is 0 Å². The first-order valence-electron chi connectivity index (χ1n) is 4.68. The second-order valence-corrected chi connectivity index (χ2v) is 3.38. The van der Waals surface area contributed by atoms with Crippen LogP contribution in [-0.4, -0.2) is 41.1 Å². The highest BCUT2D eigenvalue weighted by atomic mass is 16.3. The number of rotatable bonds is 5. The van der Waals surface area contributed by atoms with E-state index in [1.54, 1.807) is 11.8 Å². The van der Waals surface area contributed by atoms with Crippen LogP contribution < -0.4 is 5.73 Å². The molecule has 0 saturated heterocycles. The molecule has 3 N–H and O–H groups in total. The number of likely N-dealkylation sites (N-methyl/N-ethyl adjacent to an activating group) is 1. The maximum atomic E-state index is 11.7. The highest BCUT2D eigenvalue weighted by molar-refractivity contribution is 5.85. The van der Waals surface area contributed by atoms with Crippen LogP contribution in [0.15, 0.2) is 0 Å². The molecule has 0 aromatic rings. The Labute approximate surface area is 79.7 Å². The summed E-state index contributed by atoms with van der Waals surface area (Å²) in [4.78, 5) is 13.3. The number of carbonyl (C=O) groups excluding carboxylic acids is 1. The van der Waals surface area contributed by atoms with Gasteiger partial charge in [-0.2, -0.15) is 0 Å². The third-order valence-electron chi connectivity index (χ3n) is 2.26. The van der Waals surface area contributed by atoms with Crippen LogP contribution in [0.3, 0.4) is 0 Å². The van der Waals surface area contributed by atoms with Crippen LogP contribution >= 0.6 is 0 Å². The number of aliphatic hydroxyl groups excluding tert-OH is 1. The minimum Gasteiger partial charge on any atom is -0.395 e. The Morgan fingerprint density at radius 1 is 1.54 bits per heavy atom. The summed E-state index contributed by atoms with van der Waals surface area (Å²) in [6.45, 7) is 6.41.